The van der Waals surface area contributed by atoms with Gasteiger partial charge in [-0.3, -0.25) is 4.98 Å². The van der Waals surface area contributed by atoms with Gasteiger partial charge in [-0.15, -0.1) is 0 Å². The smallest absolute Gasteiger partial charge is 0.0887 e. The van der Waals surface area contributed by atoms with Crippen LogP contribution in [-0.4, -0.2) is 4.98 Å². The summed E-state index contributed by atoms with van der Waals surface area (Å²) in [7, 11) is 0. The van der Waals surface area contributed by atoms with E-state index in [1.54, 1.807) is 36.7 Å². The maximum absolute atomic E-state index is 5.55. The fourth-order valence-corrected chi connectivity index (χ4v) is 1.07. The summed E-state index contributed by atoms with van der Waals surface area (Å²) in [5.74, 6) is 0. The van der Waals surface area contributed by atoms with E-state index < -0.39 is 0 Å². The van der Waals surface area contributed by atoms with Crippen LogP contribution in [0.3, 0.4) is 0 Å². The molecule has 1 aromatic heterocycles. The highest BCUT2D eigenvalue weighted by Gasteiger charge is 1.89. The molecule has 0 spiro atoms. The van der Waals surface area contributed by atoms with Gasteiger partial charge in [-0.2, -0.15) is 10.2 Å². The minimum absolute atomic E-state index is 0.720. The Balaban J connectivity index is 2.15. The van der Waals surface area contributed by atoms with Crippen LogP contribution >= 0.6 is 0 Å². The molecule has 0 aliphatic carbocycles. The van der Waals surface area contributed by atoms with Crippen LogP contribution in [0, 0.1) is 0 Å². The molecule has 0 unspecified atom stereocenters. The third-order valence-electron chi connectivity index (χ3n) is 1.84. The third kappa shape index (κ3) is 2.60. The SMILES string of the molecule is Nc1ccc(/N=N/c2ccncc2)cc1. The second kappa shape index (κ2) is 4.32. The Morgan fingerprint density at radius 3 is 1.93 bits per heavy atom. The molecule has 0 amide bonds. The van der Waals surface area contributed by atoms with Crippen LogP contribution in [0.25, 0.3) is 0 Å². The number of benzene rings is 1. The van der Waals surface area contributed by atoms with Crippen molar-refractivity contribution in [3.63, 3.8) is 0 Å². The number of hydrogen-bond donors (Lipinski definition) is 1. The summed E-state index contributed by atoms with van der Waals surface area (Å²) in [5, 5.41) is 8.11. The highest BCUT2D eigenvalue weighted by Crippen LogP contribution is 2.18. The largest absolute Gasteiger partial charge is 0.399 e. The first-order chi connectivity index (χ1) is 7.34. The molecule has 0 saturated carbocycles. The topological polar surface area (TPSA) is 63.6 Å². The zero-order chi connectivity index (χ0) is 10.5. The van der Waals surface area contributed by atoms with E-state index in [0.29, 0.717) is 0 Å². The minimum atomic E-state index is 0.720. The molecule has 2 rings (SSSR count). The van der Waals surface area contributed by atoms with Crippen molar-refractivity contribution in [2.24, 2.45) is 10.2 Å². The highest BCUT2D eigenvalue weighted by atomic mass is 15.1. The van der Waals surface area contributed by atoms with E-state index >= 15 is 0 Å². The van der Waals surface area contributed by atoms with E-state index in [2.05, 4.69) is 15.2 Å². The van der Waals surface area contributed by atoms with Crippen molar-refractivity contribution in [2.45, 2.75) is 0 Å². The summed E-state index contributed by atoms with van der Waals surface area (Å²) in [6.45, 7) is 0. The van der Waals surface area contributed by atoms with Crippen LogP contribution in [0.1, 0.15) is 0 Å². The van der Waals surface area contributed by atoms with E-state index in [1.165, 1.54) is 0 Å². The monoisotopic (exact) mass is 198 g/mol. The average molecular weight is 198 g/mol. The normalized spacial score (nSPS) is 10.7. The summed E-state index contributed by atoms with van der Waals surface area (Å²) in [4.78, 5) is 3.89. The van der Waals surface area contributed by atoms with E-state index in [9.17, 15) is 0 Å². The number of nitrogens with two attached hydrogens (primary N) is 1. The summed E-state index contributed by atoms with van der Waals surface area (Å²) in [5.41, 5.74) is 7.83. The molecule has 0 radical (unpaired) electrons. The van der Waals surface area contributed by atoms with Crippen LogP contribution < -0.4 is 5.73 Å². The lowest BCUT2D eigenvalue weighted by molar-refractivity contribution is 1.21. The molecule has 0 aliphatic rings. The van der Waals surface area contributed by atoms with E-state index in [4.69, 9.17) is 5.73 Å². The zero-order valence-corrected chi connectivity index (χ0v) is 8.04. The van der Waals surface area contributed by atoms with Crippen molar-refractivity contribution in [2.75, 3.05) is 5.73 Å². The lowest BCUT2D eigenvalue weighted by atomic mass is 10.3. The Kier molecular flexibility index (Phi) is 2.69. The van der Waals surface area contributed by atoms with Gasteiger partial charge in [0.1, 0.15) is 0 Å². The van der Waals surface area contributed by atoms with Gasteiger partial charge in [-0.05, 0) is 36.4 Å². The molecule has 2 N–H and O–H groups in total. The standard InChI is InChI=1S/C11H10N4/c12-9-1-3-10(4-2-9)14-15-11-5-7-13-8-6-11/h1-8H,12H2/b15-14+. The van der Waals surface area contributed by atoms with Crippen LogP contribution in [0.2, 0.25) is 0 Å². The fraction of sp³-hybridized carbons (Fsp3) is 0. The fourth-order valence-electron chi connectivity index (χ4n) is 1.07. The van der Waals surface area contributed by atoms with Gasteiger partial charge < -0.3 is 5.73 Å². The third-order valence-corrected chi connectivity index (χ3v) is 1.84. The number of rotatable bonds is 2. The molecule has 0 aliphatic heterocycles. The number of nitrogen functional groups attached to an aromatic ring is 1. The summed E-state index contributed by atoms with van der Waals surface area (Å²) < 4.78 is 0. The molecular formula is C11H10N4. The first-order valence-electron chi connectivity index (χ1n) is 4.52. The number of azo groups is 1. The van der Waals surface area contributed by atoms with Crippen LogP contribution in [0.5, 0.6) is 0 Å². The first-order valence-corrected chi connectivity index (χ1v) is 4.52. The minimum Gasteiger partial charge on any atom is -0.399 e. The number of anilines is 1. The van der Waals surface area contributed by atoms with Gasteiger partial charge in [0.2, 0.25) is 0 Å². The molecule has 0 atom stereocenters. The van der Waals surface area contributed by atoms with E-state index in [-0.39, 0.29) is 0 Å². The van der Waals surface area contributed by atoms with Crippen LogP contribution in [0.15, 0.2) is 59.0 Å². The molecule has 15 heavy (non-hydrogen) atoms. The average Bonchev–Trinajstić information content (AvgIpc) is 2.30. The molecule has 0 fully saturated rings. The van der Waals surface area contributed by atoms with Crippen molar-refractivity contribution < 1.29 is 0 Å². The molecule has 1 aromatic carbocycles. The van der Waals surface area contributed by atoms with Gasteiger partial charge in [0, 0.05) is 18.1 Å². The van der Waals surface area contributed by atoms with Gasteiger partial charge in [-0.25, -0.2) is 0 Å². The summed E-state index contributed by atoms with van der Waals surface area (Å²) >= 11 is 0. The van der Waals surface area contributed by atoms with E-state index in [0.717, 1.165) is 17.1 Å². The molecule has 4 nitrogen and oxygen atoms in total. The zero-order valence-electron chi connectivity index (χ0n) is 8.04. The molecule has 1 heterocycles. The Morgan fingerprint density at radius 2 is 1.33 bits per heavy atom. The number of hydrogen-bond acceptors (Lipinski definition) is 4. The van der Waals surface area contributed by atoms with Gasteiger partial charge in [0.15, 0.2) is 0 Å². The predicted molar refractivity (Wildman–Crippen MR) is 59.3 cm³/mol. The second-order valence-corrected chi connectivity index (χ2v) is 3.00. The number of pyridine rings is 1. The van der Waals surface area contributed by atoms with Gasteiger partial charge in [0.05, 0.1) is 11.4 Å². The Morgan fingerprint density at radius 1 is 0.800 bits per heavy atom. The molecule has 4 heteroatoms. The Bertz CT molecular complexity index is 448. The molecule has 0 bridgehead atoms. The van der Waals surface area contributed by atoms with E-state index in [1.807, 2.05) is 12.1 Å². The van der Waals surface area contributed by atoms with Crippen molar-refractivity contribution >= 4 is 17.1 Å². The van der Waals surface area contributed by atoms with Crippen molar-refractivity contribution in [1.29, 1.82) is 0 Å². The number of nitrogens with zero attached hydrogens (tertiary/aromatic N) is 3. The van der Waals surface area contributed by atoms with Gasteiger partial charge >= 0.3 is 0 Å². The maximum Gasteiger partial charge on any atom is 0.0887 e. The van der Waals surface area contributed by atoms with Gasteiger partial charge in [-0.1, -0.05) is 0 Å². The molecule has 0 saturated heterocycles. The molecule has 74 valence electrons. The Labute approximate surface area is 87.5 Å². The highest BCUT2D eigenvalue weighted by molar-refractivity contribution is 5.47. The lowest BCUT2D eigenvalue weighted by Gasteiger charge is -1.93. The Hall–Kier alpha value is -2.23. The maximum atomic E-state index is 5.55. The first kappa shape index (κ1) is 9.33. The van der Waals surface area contributed by atoms with Crippen LogP contribution in [-0.2, 0) is 0 Å². The molecular weight excluding hydrogens is 188 g/mol. The van der Waals surface area contributed by atoms with Crippen molar-refractivity contribution in [3.05, 3.63) is 48.8 Å². The molecule has 2 aromatic rings. The lowest BCUT2D eigenvalue weighted by Crippen LogP contribution is -1.80. The van der Waals surface area contributed by atoms with Crippen molar-refractivity contribution in [1.82, 2.24) is 4.98 Å². The quantitative estimate of drug-likeness (QED) is 0.595. The summed E-state index contributed by atoms with van der Waals surface area (Å²) in [6.07, 6.45) is 3.36. The van der Waals surface area contributed by atoms with Gasteiger partial charge in [0.25, 0.3) is 0 Å². The van der Waals surface area contributed by atoms with Crippen molar-refractivity contribution in [3.8, 4) is 0 Å². The van der Waals surface area contributed by atoms with Crippen LogP contribution in [0.4, 0.5) is 17.1 Å². The predicted octanol–water partition coefficient (Wildman–Crippen LogP) is 3.08. The number of aromatic nitrogens is 1. The summed E-state index contributed by atoms with van der Waals surface area (Å²) in [6, 6.07) is 10.8. The second-order valence-electron chi connectivity index (χ2n) is 3.00.